The van der Waals surface area contributed by atoms with Gasteiger partial charge in [-0.2, -0.15) is 4.31 Å². The van der Waals surface area contributed by atoms with Crippen LogP contribution in [0.1, 0.15) is 17.0 Å². The van der Waals surface area contributed by atoms with Crippen LogP contribution in [0.2, 0.25) is 0 Å². The Hall–Kier alpha value is -2.72. The van der Waals surface area contributed by atoms with Gasteiger partial charge in [0.05, 0.1) is 11.2 Å². The molecule has 0 radical (unpaired) electrons. The number of amides is 2. The molecule has 1 aliphatic rings. The van der Waals surface area contributed by atoms with Gasteiger partial charge in [0, 0.05) is 39.1 Å². The van der Waals surface area contributed by atoms with E-state index < -0.39 is 21.7 Å². The number of piperazine rings is 1. The maximum atomic E-state index is 13.3. The van der Waals surface area contributed by atoms with E-state index in [1.807, 2.05) is 0 Å². The van der Waals surface area contributed by atoms with Crippen LogP contribution in [-0.4, -0.2) is 62.2 Å². The molecule has 1 aromatic carbocycles. The van der Waals surface area contributed by atoms with Gasteiger partial charge in [0.1, 0.15) is 5.82 Å². The van der Waals surface area contributed by atoms with Gasteiger partial charge < -0.3 is 14.6 Å². The first-order valence-corrected chi connectivity index (χ1v) is 10.2. The minimum Gasteiger partial charge on any atom is -0.459 e. The van der Waals surface area contributed by atoms with Gasteiger partial charge in [-0.05, 0) is 30.3 Å². The number of hydrogen-bond donors (Lipinski definition) is 1. The molecule has 0 bridgehead atoms. The molecular formula is C18H20FN3O5S. The second kappa shape index (κ2) is 8.53. The fraction of sp³-hybridized carbons (Fsp3) is 0.333. The van der Waals surface area contributed by atoms with Gasteiger partial charge in [-0.1, -0.05) is 6.07 Å². The summed E-state index contributed by atoms with van der Waals surface area (Å²) in [6.45, 7) is 0.881. The highest BCUT2D eigenvalue weighted by atomic mass is 32.2. The molecule has 1 N–H and O–H groups in total. The van der Waals surface area contributed by atoms with E-state index >= 15 is 0 Å². The smallest absolute Gasteiger partial charge is 0.286 e. The van der Waals surface area contributed by atoms with Gasteiger partial charge in [0.2, 0.25) is 15.9 Å². The maximum absolute atomic E-state index is 13.3. The van der Waals surface area contributed by atoms with E-state index in [0.29, 0.717) is 0 Å². The van der Waals surface area contributed by atoms with E-state index in [2.05, 4.69) is 5.32 Å². The highest BCUT2D eigenvalue weighted by Crippen LogP contribution is 2.18. The summed E-state index contributed by atoms with van der Waals surface area (Å²) in [6.07, 6.45) is 1.49. The van der Waals surface area contributed by atoms with Crippen LogP contribution in [0.15, 0.2) is 52.0 Å². The second-order valence-corrected chi connectivity index (χ2v) is 8.16. The molecule has 8 nitrogen and oxygen atoms in total. The average molecular weight is 409 g/mol. The van der Waals surface area contributed by atoms with Crippen molar-refractivity contribution in [1.82, 2.24) is 14.5 Å². The third kappa shape index (κ3) is 4.57. The Labute approximate surface area is 162 Å². The van der Waals surface area contributed by atoms with Crippen LogP contribution in [0.3, 0.4) is 0 Å². The molecular weight excluding hydrogens is 389 g/mol. The number of furan rings is 1. The molecule has 2 heterocycles. The quantitative estimate of drug-likeness (QED) is 0.769. The number of hydrogen-bond acceptors (Lipinski definition) is 5. The van der Waals surface area contributed by atoms with Gasteiger partial charge >= 0.3 is 0 Å². The van der Waals surface area contributed by atoms with Crippen molar-refractivity contribution in [2.75, 3.05) is 32.7 Å². The first kappa shape index (κ1) is 20.0. The molecule has 10 heteroatoms. The van der Waals surface area contributed by atoms with E-state index in [1.54, 1.807) is 11.0 Å². The third-order valence-electron chi connectivity index (χ3n) is 4.39. The van der Waals surface area contributed by atoms with Crippen molar-refractivity contribution < 1.29 is 26.8 Å². The van der Waals surface area contributed by atoms with Crippen LogP contribution in [0, 0.1) is 5.82 Å². The molecule has 0 aliphatic carbocycles. The summed E-state index contributed by atoms with van der Waals surface area (Å²) < 4.78 is 44.7. The molecule has 0 unspecified atom stereocenters. The Kier molecular flexibility index (Phi) is 6.10. The number of rotatable bonds is 6. The van der Waals surface area contributed by atoms with Gasteiger partial charge in [-0.15, -0.1) is 0 Å². The van der Waals surface area contributed by atoms with Gasteiger partial charge in [-0.25, -0.2) is 12.8 Å². The van der Waals surface area contributed by atoms with E-state index in [0.717, 1.165) is 6.07 Å². The summed E-state index contributed by atoms with van der Waals surface area (Å²) in [4.78, 5) is 25.5. The monoisotopic (exact) mass is 409 g/mol. The number of carbonyl (C=O) groups is 2. The Bertz CT molecular complexity index is 938. The van der Waals surface area contributed by atoms with E-state index in [4.69, 9.17) is 4.42 Å². The van der Waals surface area contributed by atoms with Crippen LogP contribution in [-0.2, 0) is 14.8 Å². The lowest BCUT2D eigenvalue weighted by atomic mass is 10.3. The minimum atomic E-state index is -3.80. The van der Waals surface area contributed by atoms with Gasteiger partial charge in [-0.3, -0.25) is 9.59 Å². The number of halogens is 1. The van der Waals surface area contributed by atoms with E-state index in [1.165, 1.54) is 34.8 Å². The second-order valence-electron chi connectivity index (χ2n) is 6.23. The summed E-state index contributed by atoms with van der Waals surface area (Å²) in [5.41, 5.74) is 0. The fourth-order valence-electron chi connectivity index (χ4n) is 2.89. The minimum absolute atomic E-state index is 0.100. The lowest BCUT2D eigenvalue weighted by Crippen LogP contribution is -2.50. The van der Waals surface area contributed by atoms with Crippen molar-refractivity contribution in [3.63, 3.8) is 0 Å². The first-order chi connectivity index (χ1) is 13.4. The molecule has 2 amide bonds. The predicted molar refractivity (Wildman–Crippen MR) is 97.4 cm³/mol. The van der Waals surface area contributed by atoms with E-state index in [-0.39, 0.29) is 55.7 Å². The van der Waals surface area contributed by atoms with Crippen molar-refractivity contribution in [3.8, 4) is 0 Å². The van der Waals surface area contributed by atoms with E-state index in [9.17, 15) is 22.4 Å². The van der Waals surface area contributed by atoms with Crippen molar-refractivity contribution in [1.29, 1.82) is 0 Å². The summed E-state index contributed by atoms with van der Waals surface area (Å²) in [7, 11) is -3.80. The maximum Gasteiger partial charge on any atom is 0.286 e. The van der Waals surface area contributed by atoms with Gasteiger partial charge in [0.15, 0.2) is 5.76 Å². The topological polar surface area (TPSA) is 99.9 Å². The number of nitrogens with one attached hydrogen (secondary N) is 1. The lowest BCUT2D eigenvalue weighted by molar-refractivity contribution is -0.132. The third-order valence-corrected chi connectivity index (χ3v) is 6.29. The molecule has 1 saturated heterocycles. The molecule has 0 spiro atoms. The summed E-state index contributed by atoms with van der Waals surface area (Å²) in [5.74, 6) is -1.03. The molecule has 28 heavy (non-hydrogen) atoms. The number of benzene rings is 1. The normalized spacial score (nSPS) is 15.4. The average Bonchev–Trinajstić information content (AvgIpc) is 3.23. The van der Waals surface area contributed by atoms with Gasteiger partial charge in [0.25, 0.3) is 5.91 Å². The first-order valence-electron chi connectivity index (χ1n) is 8.73. The Morgan fingerprint density at radius 3 is 2.50 bits per heavy atom. The lowest BCUT2D eigenvalue weighted by Gasteiger charge is -2.34. The zero-order valence-electron chi connectivity index (χ0n) is 15.0. The van der Waals surface area contributed by atoms with Crippen LogP contribution in [0.4, 0.5) is 4.39 Å². The van der Waals surface area contributed by atoms with Crippen LogP contribution in [0.25, 0.3) is 0 Å². The molecule has 3 rings (SSSR count). The zero-order chi connectivity index (χ0) is 20.1. The Morgan fingerprint density at radius 2 is 1.86 bits per heavy atom. The molecule has 1 aromatic heterocycles. The fourth-order valence-corrected chi connectivity index (χ4v) is 4.34. The molecule has 0 atom stereocenters. The highest BCUT2D eigenvalue weighted by Gasteiger charge is 2.30. The van der Waals surface area contributed by atoms with Crippen molar-refractivity contribution >= 4 is 21.8 Å². The molecule has 1 fully saturated rings. The number of nitrogens with zero attached hydrogens (tertiary/aromatic N) is 2. The Balaban J connectivity index is 1.48. The summed E-state index contributed by atoms with van der Waals surface area (Å²) in [6, 6.07) is 7.97. The van der Waals surface area contributed by atoms with Crippen molar-refractivity contribution in [3.05, 3.63) is 54.2 Å². The van der Waals surface area contributed by atoms with Crippen LogP contribution < -0.4 is 5.32 Å². The predicted octanol–water partition coefficient (Wildman–Crippen LogP) is 1.07. The zero-order valence-corrected chi connectivity index (χ0v) is 15.8. The number of sulfonamides is 1. The summed E-state index contributed by atoms with van der Waals surface area (Å²) in [5, 5.41) is 2.59. The van der Waals surface area contributed by atoms with Crippen molar-refractivity contribution in [2.45, 2.75) is 11.3 Å². The molecule has 2 aromatic rings. The molecule has 0 saturated carbocycles. The summed E-state index contributed by atoms with van der Waals surface area (Å²) >= 11 is 0. The molecule has 150 valence electrons. The SMILES string of the molecule is O=C(NCCC(=O)N1CCN(S(=O)(=O)c2cccc(F)c2)CC1)c1ccco1. The highest BCUT2D eigenvalue weighted by molar-refractivity contribution is 7.89. The van der Waals surface area contributed by atoms with Crippen LogP contribution >= 0.6 is 0 Å². The van der Waals surface area contributed by atoms with Crippen molar-refractivity contribution in [2.24, 2.45) is 0 Å². The molecule has 1 aliphatic heterocycles. The Morgan fingerprint density at radius 1 is 1.11 bits per heavy atom. The largest absolute Gasteiger partial charge is 0.459 e. The number of carbonyl (C=O) groups excluding carboxylic acids is 2. The van der Waals surface area contributed by atoms with Crippen LogP contribution in [0.5, 0.6) is 0 Å². The standard InChI is InChI=1S/C18H20FN3O5S/c19-14-3-1-4-15(13-14)28(25,26)22-10-8-21(9-11-22)17(23)6-7-20-18(24)16-5-2-12-27-16/h1-5,12-13H,6-11H2,(H,20,24).